The molecule has 0 radical (unpaired) electrons. The Bertz CT molecular complexity index is 328. The van der Waals surface area contributed by atoms with Crippen molar-refractivity contribution < 1.29 is 4.39 Å². The highest BCUT2D eigenvalue weighted by atomic mass is 19.1. The lowest BCUT2D eigenvalue weighted by atomic mass is 10.1. The number of para-hydroxylation sites is 1. The van der Waals surface area contributed by atoms with Gasteiger partial charge in [-0.15, -0.1) is 0 Å². The van der Waals surface area contributed by atoms with E-state index in [0.717, 1.165) is 11.3 Å². The fourth-order valence-corrected chi connectivity index (χ4v) is 1.31. The molecule has 0 fully saturated rings. The minimum absolute atomic E-state index is 0.852. The maximum atomic E-state index is 13.4. The number of benzene rings is 1. The first-order valence-corrected chi connectivity index (χ1v) is 3.93. The van der Waals surface area contributed by atoms with Crippen molar-refractivity contribution in [2.45, 2.75) is 12.7 Å². The third-order valence-electron chi connectivity index (χ3n) is 1.92. The van der Waals surface area contributed by atoms with Gasteiger partial charge >= 0.3 is 0 Å². The number of alkyl halides is 1. The summed E-state index contributed by atoms with van der Waals surface area (Å²) >= 11 is 0. The van der Waals surface area contributed by atoms with Crippen LogP contribution in [0.3, 0.4) is 0 Å². The average Bonchev–Trinajstić information content (AvgIpc) is 2.02. The molecule has 2 heteroatoms. The Morgan fingerprint density at radius 3 is 2.92 bits per heavy atom. The van der Waals surface area contributed by atoms with E-state index in [2.05, 4.69) is 5.32 Å². The molecule has 0 saturated heterocycles. The minimum atomic E-state index is -1.41. The summed E-state index contributed by atoms with van der Waals surface area (Å²) in [5.41, 5.74) is 1.89. The first-order chi connectivity index (χ1) is 5.67. The van der Waals surface area contributed by atoms with Crippen LogP contribution in [0.2, 0.25) is 0 Å². The van der Waals surface area contributed by atoms with Gasteiger partial charge in [0.15, 0.2) is 5.79 Å². The number of hydrogen-bond acceptors (Lipinski definition) is 1. The molecule has 1 nitrogen and oxygen atoms in total. The lowest BCUT2D eigenvalue weighted by Gasteiger charge is -2.24. The van der Waals surface area contributed by atoms with E-state index in [1.54, 1.807) is 6.08 Å². The molecule has 0 spiro atoms. The van der Waals surface area contributed by atoms with Crippen molar-refractivity contribution in [2.24, 2.45) is 0 Å². The van der Waals surface area contributed by atoms with E-state index in [1.165, 1.54) is 13.0 Å². The summed E-state index contributed by atoms with van der Waals surface area (Å²) in [6.45, 7) is 1.50. The third-order valence-corrected chi connectivity index (χ3v) is 1.92. The standard InChI is InChI=1S/C10H10FN/c1-10(11)7-6-8-4-2-3-5-9(8)12-10/h2-7,12H,1H3. The average molecular weight is 163 g/mol. The molecule has 1 aromatic rings. The SMILES string of the molecule is CC1(F)C=Cc2ccccc2N1. The van der Waals surface area contributed by atoms with E-state index in [9.17, 15) is 4.39 Å². The van der Waals surface area contributed by atoms with Crippen LogP contribution < -0.4 is 5.32 Å². The Morgan fingerprint density at radius 1 is 1.33 bits per heavy atom. The predicted octanol–water partition coefficient (Wildman–Crippen LogP) is 2.81. The third kappa shape index (κ3) is 1.20. The molecule has 0 aromatic heterocycles. The predicted molar refractivity (Wildman–Crippen MR) is 48.6 cm³/mol. The van der Waals surface area contributed by atoms with Gasteiger partial charge in [-0.1, -0.05) is 24.3 Å². The van der Waals surface area contributed by atoms with Crippen LogP contribution >= 0.6 is 0 Å². The highest BCUT2D eigenvalue weighted by Crippen LogP contribution is 2.28. The summed E-state index contributed by atoms with van der Waals surface area (Å²) in [6.07, 6.45) is 3.32. The van der Waals surface area contributed by atoms with Gasteiger partial charge in [0, 0.05) is 5.69 Å². The Morgan fingerprint density at radius 2 is 2.08 bits per heavy atom. The minimum Gasteiger partial charge on any atom is -0.350 e. The summed E-state index contributed by atoms with van der Waals surface area (Å²) in [4.78, 5) is 0. The lowest BCUT2D eigenvalue weighted by Crippen LogP contribution is -2.28. The second kappa shape index (κ2) is 2.34. The highest BCUT2D eigenvalue weighted by Gasteiger charge is 2.22. The highest BCUT2D eigenvalue weighted by molar-refractivity contribution is 5.71. The van der Waals surface area contributed by atoms with Crippen LogP contribution in [-0.2, 0) is 0 Å². The molecule has 1 unspecified atom stereocenters. The normalized spacial score (nSPS) is 26.2. The Labute approximate surface area is 70.9 Å². The largest absolute Gasteiger partial charge is 0.350 e. The van der Waals surface area contributed by atoms with E-state index in [-0.39, 0.29) is 0 Å². The van der Waals surface area contributed by atoms with Gasteiger partial charge in [-0.25, -0.2) is 4.39 Å². The molecule has 1 aliphatic rings. The summed E-state index contributed by atoms with van der Waals surface area (Å²) in [5.74, 6) is -1.41. The van der Waals surface area contributed by atoms with Gasteiger partial charge < -0.3 is 5.32 Å². The molecule has 1 N–H and O–H groups in total. The Hall–Kier alpha value is -1.31. The lowest BCUT2D eigenvalue weighted by molar-refractivity contribution is 0.299. The van der Waals surface area contributed by atoms with E-state index in [1.807, 2.05) is 24.3 Å². The first-order valence-electron chi connectivity index (χ1n) is 3.93. The molecular formula is C10H10FN. The van der Waals surface area contributed by atoms with Crippen molar-refractivity contribution in [3.8, 4) is 0 Å². The fourth-order valence-electron chi connectivity index (χ4n) is 1.31. The summed E-state index contributed by atoms with van der Waals surface area (Å²) in [7, 11) is 0. The molecule has 62 valence electrons. The number of halogens is 1. The zero-order chi connectivity index (χ0) is 8.60. The Balaban J connectivity index is 2.46. The fraction of sp³-hybridized carbons (Fsp3) is 0.200. The Kier molecular flexibility index (Phi) is 1.43. The quantitative estimate of drug-likeness (QED) is 0.580. The zero-order valence-electron chi connectivity index (χ0n) is 6.84. The molecule has 2 rings (SSSR count). The summed E-state index contributed by atoms with van der Waals surface area (Å²) in [6, 6.07) is 7.65. The number of hydrogen-bond donors (Lipinski definition) is 1. The van der Waals surface area contributed by atoms with Crippen LogP contribution in [-0.4, -0.2) is 5.79 Å². The summed E-state index contributed by atoms with van der Waals surface area (Å²) < 4.78 is 13.4. The molecule has 1 heterocycles. The first kappa shape index (κ1) is 7.35. The summed E-state index contributed by atoms with van der Waals surface area (Å²) in [5, 5.41) is 2.78. The maximum absolute atomic E-state index is 13.4. The van der Waals surface area contributed by atoms with Crippen LogP contribution in [0.5, 0.6) is 0 Å². The van der Waals surface area contributed by atoms with Crippen molar-refractivity contribution in [3.63, 3.8) is 0 Å². The number of anilines is 1. The number of fused-ring (bicyclic) bond motifs is 1. The van der Waals surface area contributed by atoms with Crippen LogP contribution in [0, 0.1) is 0 Å². The molecule has 0 aliphatic carbocycles. The van der Waals surface area contributed by atoms with Crippen molar-refractivity contribution >= 4 is 11.8 Å². The van der Waals surface area contributed by atoms with Crippen LogP contribution in [0.4, 0.5) is 10.1 Å². The molecule has 0 amide bonds. The van der Waals surface area contributed by atoms with Gasteiger partial charge in [0.25, 0.3) is 0 Å². The van der Waals surface area contributed by atoms with Crippen molar-refractivity contribution in [1.82, 2.24) is 0 Å². The number of rotatable bonds is 0. The molecule has 12 heavy (non-hydrogen) atoms. The second-order valence-electron chi connectivity index (χ2n) is 3.12. The van der Waals surface area contributed by atoms with E-state index in [4.69, 9.17) is 0 Å². The smallest absolute Gasteiger partial charge is 0.196 e. The van der Waals surface area contributed by atoms with Gasteiger partial charge in [-0.3, -0.25) is 0 Å². The van der Waals surface area contributed by atoms with E-state index < -0.39 is 5.79 Å². The second-order valence-corrected chi connectivity index (χ2v) is 3.12. The molecule has 0 bridgehead atoms. The van der Waals surface area contributed by atoms with Gasteiger partial charge in [0.1, 0.15) is 0 Å². The van der Waals surface area contributed by atoms with Gasteiger partial charge in [0.05, 0.1) is 0 Å². The van der Waals surface area contributed by atoms with Gasteiger partial charge in [-0.05, 0) is 24.6 Å². The maximum Gasteiger partial charge on any atom is 0.196 e. The van der Waals surface area contributed by atoms with Crippen LogP contribution in [0.25, 0.3) is 6.08 Å². The van der Waals surface area contributed by atoms with Gasteiger partial charge in [0.2, 0.25) is 0 Å². The van der Waals surface area contributed by atoms with E-state index >= 15 is 0 Å². The molecule has 1 aromatic carbocycles. The van der Waals surface area contributed by atoms with Crippen molar-refractivity contribution in [1.29, 1.82) is 0 Å². The zero-order valence-corrected chi connectivity index (χ0v) is 6.84. The topological polar surface area (TPSA) is 12.0 Å². The van der Waals surface area contributed by atoms with E-state index in [0.29, 0.717) is 0 Å². The van der Waals surface area contributed by atoms with Crippen molar-refractivity contribution in [3.05, 3.63) is 35.9 Å². The molecule has 1 aliphatic heterocycles. The molecule has 1 atom stereocenters. The van der Waals surface area contributed by atoms with Crippen molar-refractivity contribution in [2.75, 3.05) is 5.32 Å². The number of nitrogens with one attached hydrogen (secondary N) is 1. The monoisotopic (exact) mass is 163 g/mol. The van der Waals surface area contributed by atoms with Gasteiger partial charge in [-0.2, -0.15) is 0 Å². The van der Waals surface area contributed by atoms with Crippen LogP contribution in [0.15, 0.2) is 30.3 Å². The van der Waals surface area contributed by atoms with Crippen LogP contribution in [0.1, 0.15) is 12.5 Å². The molecule has 0 saturated carbocycles. The molecular weight excluding hydrogens is 153 g/mol.